The van der Waals surface area contributed by atoms with Crippen LogP contribution >= 0.6 is 0 Å². The highest BCUT2D eigenvalue weighted by Gasteiger charge is 2.74. The molecule has 3 aliphatic heterocycles. The molecule has 20 heteroatoms. The van der Waals surface area contributed by atoms with E-state index in [4.69, 9.17) is 28.4 Å². The molecule has 0 aromatic heterocycles. The Labute approximate surface area is 390 Å². The number of esters is 1. The summed E-state index contributed by atoms with van der Waals surface area (Å²) in [5.41, 5.74) is -4.77. The molecule has 3 heterocycles. The van der Waals surface area contributed by atoms with Crippen LogP contribution in [0.5, 0.6) is 0 Å². The van der Waals surface area contributed by atoms with Gasteiger partial charge in [0.05, 0.1) is 50.3 Å². The fourth-order valence-electron chi connectivity index (χ4n) is 15.1. The second kappa shape index (κ2) is 17.9. The summed E-state index contributed by atoms with van der Waals surface area (Å²) in [6.07, 6.45) is -22.9. The third kappa shape index (κ3) is 7.82. The van der Waals surface area contributed by atoms with Gasteiger partial charge in [0.1, 0.15) is 60.4 Å². The van der Waals surface area contributed by atoms with E-state index in [9.17, 15) is 66.4 Å². The van der Waals surface area contributed by atoms with Gasteiger partial charge in [-0.3, -0.25) is 4.79 Å². The molecular formula is C47H76O20. The molecule has 384 valence electrons. The van der Waals surface area contributed by atoms with Crippen molar-refractivity contribution in [2.75, 3.05) is 19.8 Å². The molecule has 0 unspecified atom stereocenters. The van der Waals surface area contributed by atoms with E-state index in [1.807, 2.05) is 6.92 Å². The Bertz CT molecular complexity index is 1850. The van der Waals surface area contributed by atoms with Gasteiger partial charge in [0, 0.05) is 11.3 Å². The van der Waals surface area contributed by atoms with Crippen molar-refractivity contribution in [3.63, 3.8) is 0 Å². The zero-order chi connectivity index (χ0) is 49.3. The predicted octanol–water partition coefficient (Wildman–Crippen LogP) is -2.31. The average Bonchev–Trinajstić information content (AvgIpc) is 3.25. The molecule has 8 aliphatic rings. The Hall–Kier alpha value is -1.51. The number of fused-ring (bicyclic) bond motifs is 7. The van der Waals surface area contributed by atoms with E-state index in [1.165, 1.54) is 6.92 Å². The fraction of sp³-hybridized carbons (Fsp3) is 0.936. The lowest BCUT2D eigenvalue weighted by Crippen LogP contribution is -2.73. The van der Waals surface area contributed by atoms with Crippen molar-refractivity contribution in [2.45, 2.75) is 204 Å². The summed E-state index contributed by atoms with van der Waals surface area (Å²) in [6, 6.07) is 0. The molecule has 26 atom stereocenters. The maximum atomic E-state index is 15.1. The van der Waals surface area contributed by atoms with Gasteiger partial charge in [-0.25, -0.2) is 0 Å². The predicted molar refractivity (Wildman–Crippen MR) is 228 cm³/mol. The second-order valence-corrected chi connectivity index (χ2v) is 23.3. The number of aliphatic hydroxyl groups excluding tert-OH is 13. The van der Waals surface area contributed by atoms with E-state index < -0.39 is 175 Å². The lowest BCUT2D eigenvalue weighted by atomic mass is 9.32. The van der Waals surface area contributed by atoms with Gasteiger partial charge < -0.3 is 94.8 Å². The first-order chi connectivity index (χ1) is 31.2. The highest BCUT2D eigenvalue weighted by Crippen LogP contribution is 2.76. The van der Waals surface area contributed by atoms with Crippen molar-refractivity contribution in [2.24, 2.45) is 50.2 Å². The van der Waals surface area contributed by atoms with Gasteiger partial charge in [0.2, 0.25) is 6.29 Å². The minimum absolute atomic E-state index is 0.0704. The number of allylic oxidation sites excluding steroid dienone is 2. The van der Waals surface area contributed by atoms with Gasteiger partial charge in [-0.2, -0.15) is 0 Å². The topological polar surface area (TPSA) is 335 Å². The molecule has 67 heavy (non-hydrogen) atoms. The molecule has 0 bridgehead atoms. The Morgan fingerprint density at radius 2 is 1.34 bits per heavy atom. The first kappa shape index (κ1) is 51.8. The smallest absolute Gasteiger partial charge is 0.317 e. The summed E-state index contributed by atoms with van der Waals surface area (Å²) in [5.74, 6) is -2.37. The highest BCUT2D eigenvalue weighted by atomic mass is 16.8. The van der Waals surface area contributed by atoms with Crippen LogP contribution in [0.3, 0.4) is 0 Å². The van der Waals surface area contributed by atoms with Crippen molar-refractivity contribution in [1.82, 2.24) is 0 Å². The Morgan fingerprint density at radius 3 is 1.99 bits per heavy atom. The van der Waals surface area contributed by atoms with Crippen LogP contribution in [-0.4, -0.2) is 203 Å². The third-order valence-electron chi connectivity index (χ3n) is 18.9. The average molecular weight is 961 g/mol. The summed E-state index contributed by atoms with van der Waals surface area (Å²) in [6.45, 7) is 11.8. The van der Waals surface area contributed by atoms with E-state index in [1.54, 1.807) is 6.92 Å². The van der Waals surface area contributed by atoms with Crippen LogP contribution in [0.25, 0.3) is 0 Å². The van der Waals surface area contributed by atoms with Crippen LogP contribution in [0.2, 0.25) is 0 Å². The van der Waals surface area contributed by atoms with E-state index in [2.05, 4.69) is 33.8 Å². The Balaban J connectivity index is 1.11. The highest BCUT2D eigenvalue weighted by molar-refractivity contribution is 5.80. The molecule has 7 fully saturated rings. The zero-order valence-electron chi connectivity index (χ0n) is 39.4. The summed E-state index contributed by atoms with van der Waals surface area (Å²) in [7, 11) is 0. The Kier molecular flexibility index (Phi) is 13.9. The molecule has 0 aromatic rings. The molecule has 5 aliphatic carbocycles. The quantitative estimate of drug-likeness (QED) is 0.0691. The number of hydrogen-bond acceptors (Lipinski definition) is 20. The standard InChI is InChI=1S/C47H76O20/c1-19-28(54)31(57)33(59)38(63-19)65-35-29(55)24(52)17-62-40(35)67-41(61)47-11-10-42(2,3)12-21(47)20-8-9-26-43(4)13-23(51)37(66-39-34(60)32(58)30(56)25(16-48)64-39)44(5,18-49)36(43)22(50)14-46(26,7)45(20,6)15-27(47)53/h8,19,21-40,48-60H,9-18H2,1-7H3/t19-,21-,22+,23-,24-,25+,26+,27+,28-,29-,30+,31+,32-,33+,34+,35+,36+,37-,38-,39-,40-,43+,44-,45+,46+,47+/m0/s1. The van der Waals surface area contributed by atoms with Crippen molar-refractivity contribution in [3.05, 3.63) is 11.6 Å². The summed E-state index contributed by atoms with van der Waals surface area (Å²) in [5, 5.41) is 144. The number of ether oxygens (including phenoxy) is 6. The van der Waals surface area contributed by atoms with Crippen molar-refractivity contribution >= 4 is 5.97 Å². The molecule has 0 radical (unpaired) electrons. The maximum absolute atomic E-state index is 15.1. The molecule has 8 rings (SSSR count). The molecule has 4 saturated carbocycles. The van der Waals surface area contributed by atoms with Crippen LogP contribution in [0, 0.1) is 50.2 Å². The monoisotopic (exact) mass is 960 g/mol. The first-order valence-electron chi connectivity index (χ1n) is 24.0. The van der Waals surface area contributed by atoms with Crippen LogP contribution in [0.1, 0.15) is 93.4 Å². The number of hydrogen-bond donors (Lipinski definition) is 13. The molecule has 0 aromatic carbocycles. The Morgan fingerprint density at radius 1 is 0.701 bits per heavy atom. The fourth-order valence-corrected chi connectivity index (χ4v) is 15.1. The van der Waals surface area contributed by atoms with Crippen molar-refractivity contribution < 1.29 is 99.6 Å². The van der Waals surface area contributed by atoms with Crippen LogP contribution in [0.15, 0.2) is 11.6 Å². The molecule has 0 spiro atoms. The molecule has 20 nitrogen and oxygen atoms in total. The van der Waals surface area contributed by atoms with Gasteiger partial charge >= 0.3 is 5.97 Å². The van der Waals surface area contributed by atoms with Crippen LogP contribution in [-0.2, 0) is 33.2 Å². The minimum Gasteiger partial charge on any atom is -0.432 e. The molecular weight excluding hydrogens is 884 g/mol. The van der Waals surface area contributed by atoms with E-state index in [0.717, 1.165) is 5.57 Å². The second-order valence-electron chi connectivity index (χ2n) is 23.3. The van der Waals surface area contributed by atoms with Crippen LogP contribution < -0.4 is 0 Å². The van der Waals surface area contributed by atoms with E-state index in [-0.39, 0.29) is 37.0 Å². The van der Waals surface area contributed by atoms with Gasteiger partial charge in [0.25, 0.3) is 0 Å². The number of rotatable bonds is 8. The number of carbonyl (C=O) groups excluding carboxylic acids is 1. The lowest BCUT2D eigenvalue weighted by Gasteiger charge is -2.73. The summed E-state index contributed by atoms with van der Waals surface area (Å²) < 4.78 is 35.3. The summed E-state index contributed by atoms with van der Waals surface area (Å²) in [4.78, 5) is 15.1. The maximum Gasteiger partial charge on any atom is 0.317 e. The van der Waals surface area contributed by atoms with Gasteiger partial charge in [-0.1, -0.05) is 53.2 Å². The van der Waals surface area contributed by atoms with Crippen LogP contribution in [0.4, 0.5) is 0 Å². The third-order valence-corrected chi connectivity index (χ3v) is 18.9. The molecule has 0 amide bonds. The van der Waals surface area contributed by atoms with E-state index >= 15 is 4.79 Å². The van der Waals surface area contributed by atoms with Crippen molar-refractivity contribution in [1.29, 1.82) is 0 Å². The van der Waals surface area contributed by atoms with Gasteiger partial charge in [-0.05, 0) is 85.4 Å². The molecule has 13 N–H and O–H groups in total. The lowest BCUT2D eigenvalue weighted by molar-refractivity contribution is -0.352. The summed E-state index contributed by atoms with van der Waals surface area (Å²) >= 11 is 0. The molecule has 3 saturated heterocycles. The number of carbonyl (C=O) groups is 1. The van der Waals surface area contributed by atoms with E-state index in [0.29, 0.717) is 19.3 Å². The van der Waals surface area contributed by atoms with Gasteiger partial charge in [-0.15, -0.1) is 0 Å². The zero-order valence-corrected chi connectivity index (χ0v) is 39.4. The largest absolute Gasteiger partial charge is 0.432 e. The normalized spacial score (nSPS) is 56.4. The SMILES string of the molecule is C[C@@H]1O[C@@H](O[C@H]2[C@H](OC(=O)[C@]34CCC(C)(C)C[C@H]3C3=CC[C@@H]5[C@@]6(C)C[C@H](O)[C@H](O[C@@H]7O[C@H](CO)[C@@H](O)[C@H](O)[C@H]7O)[C@@](C)(CO)[C@@H]6[C@H](O)C[C@@]5(C)[C@]3(C)C[C@H]4O)OC[C@H](O)[C@@H]2O)[C@H](O)[C@H](O)[C@H]1O. The van der Waals surface area contributed by atoms with Gasteiger partial charge in [0.15, 0.2) is 18.7 Å². The van der Waals surface area contributed by atoms with Crippen molar-refractivity contribution in [3.8, 4) is 0 Å². The number of aliphatic hydroxyl groups is 13. The minimum atomic E-state index is -1.78. The first-order valence-corrected chi connectivity index (χ1v) is 24.0.